The van der Waals surface area contributed by atoms with Gasteiger partial charge in [-0.25, -0.2) is 4.98 Å². The molecule has 17 heavy (non-hydrogen) atoms. The molecule has 0 bridgehead atoms. The Morgan fingerprint density at radius 2 is 2.29 bits per heavy atom. The SMILES string of the molecule is Cc1ncc(-c2ccc([N+](=O)[O-])cc2CO)s1. The van der Waals surface area contributed by atoms with Crippen molar-refractivity contribution < 1.29 is 10.0 Å². The largest absolute Gasteiger partial charge is 0.392 e. The number of hydrogen-bond acceptors (Lipinski definition) is 5. The first-order chi connectivity index (χ1) is 8.11. The Hall–Kier alpha value is -1.79. The summed E-state index contributed by atoms with van der Waals surface area (Å²) in [6, 6.07) is 4.48. The highest BCUT2D eigenvalue weighted by molar-refractivity contribution is 7.15. The van der Waals surface area contributed by atoms with Crippen molar-refractivity contribution >= 4 is 17.0 Å². The number of thiazole rings is 1. The van der Waals surface area contributed by atoms with E-state index in [9.17, 15) is 15.2 Å². The van der Waals surface area contributed by atoms with Crippen molar-refractivity contribution in [2.45, 2.75) is 13.5 Å². The van der Waals surface area contributed by atoms with E-state index < -0.39 is 4.92 Å². The summed E-state index contributed by atoms with van der Waals surface area (Å²) in [5, 5.41) is 20.8. The van der Waals surface area contributed by atoms with E-state index in [-0.39, 0.29) is 12.3 Å². The summed E-state index contributed by atoms with van der Waals surface area (Å²) in [4.78, 5) is 15.2. The molecule has 0 saturated heterocycles. The normalized spacial score (nSPS) is 10.5. The Bertz CT molecular complexity index is 566. The average molecular weight is 250 g/mol. The molecule has 0 saturated carbocycles. The molecule has 6 heteroatoms. The smallest absolute Gasteiger partial charge is 0.269 e. The quantitative estimate of drug-likeness (QED) is 0.670. The van der Waals surface area contributed by atoms with E-state index in [0.29, 0.717) is 5.56 Å². The zero-order valence-corrected chi connectivity index (χ0v) is 9.90. The summed E-state index contributed by atoms with van der Waals surface area (Å²) < 4.78 is 0. The molecule has 0 radical (unpaired) electrons. The van der Waals surface area contributed by atoms with Crippen LogP contribution in [-0.4, -0.2) is 15.0 Å². The lowest BCUT2D eigenvalue weighted by Crippen LogP contribution is -1.93. The summed E-state index contributed by atoms with van der Waals surface area (Å²) in [5.74, 6) is 0. The van der Waals surface area contributed by atoms with Crippen LogP contribution in [0.15, 0.2) is 24.4 Å². The minimum absolute atomic E-state index is 0.0148. The van der Waals surface area contributed by atoms with Crippen LogP contribution in [0.25, 0.3) is 10.4 Å². The maximum absolute atomic E-state index is 10.6. The number of aromatic nitrogens is 1. The highest BCUT2D eigenvalue weighted by Gasteiger charge is 2.12. The van der Waals surface area contributed by atoms with Gasteiger partial charge in [-0.1, -0.05) is 0 Å². The van der Waals surface area contributed by atoms with E-state index in [1.165, 1.54) is 23.5 Å². The molecule has 1 N–H and O–H groups in total. The molecule has 1 aromatic carbocycles. The molecule has 1 aromatic heterocycles. The van der Waals surface area contributed by atoms with Crippen molar-refractivity contribution in [3.8, 4) is 10.4 Å². The lowest BCUT2D eigenvalue weighted by Gasteiger charge is -2.04. The number of nitrogens with zero attached hydrogens (tertiary/aromatic N) is 2. The van der Waals surface area contributed by atoms with Gasteiger partial charge < -0.3 is 5.11 Å². The Morgan fingerprint density at radius 3 is 2.82 bits per heavy atom. The molecular weight excluding hydrogens is 240 g/mol. The number of aliphatic hydroxyl groups is 1. The van der Waals surface area contributed by atoms with Crippen molar-refractivity contribution in [2.75, 3.05) is 0 Å². The number of hydrogen-bond donors (Lipinski definition) is 1. The zero-order chi connectivity index (χ0) is 12.4. The molecule has 0 aliphatic rings. The molecule has 2 aromatic rings. The van der Waals surface area contributed by atoms with Crippen molar-refractivity contribution in [3.05, 3.63) is 45.1 Å². The lowest BCUT2D eigenvalue weighted by atomic mass is 10.1. The van der Waals surface area contributed by atoms with Crippen LogP contribution in [-0.2, 0) is 6.61 Å². The van der Waals surface area contributed by atoms with Gasteiger partial charge in [0, 0.05) is 18.3 Å². The summed E-state index contributed by atoms with van der Waals surface area (Å²) in [5.41, 5.74) is 1.32. The van der Waals surface area contributed by atoms with Crippen molar-refractivity contribution in [2.24, 2.45) is 0 Å². The molecule has 0 aliphatic carbocycles. The number of rotatable bonds is 3. The van der Waals surface area contributed by atoms with Gasteiger partial charge in [-0.3, -0.25) is 10.1 Å². The number of aliphatic hydroxyl groups excluding tert-OH is 1. The van der Waals surface area contributed by atoms with Crippen LogP contribution in [0.3, 0.4) is 0 Å². The monoisotopic (exact) mass is 250 g/mol. The fraction of sp³-hybridized carbons (Fsp3) is 0.182. The maximum Gasteiger partial charge on any atom is 0.269 e. The first kappa shape index (κ1) is 11.7. The predicted octanol–water partition coefficient (Wildman–Crippen LogP) is 2.52. The summed E-state index contributed by atoms with van der Waals surface area (Å²) in [7, 11) is 0. The van der Waals surface area contributed by atoms with E-state index in [4.69, 9.17) is 0 Å². The molecule has 5 nitrogen and oxygen atoms in total. The highest BCUT2D eigenvalue weighted by atomic mass is 32.1. The molecule has 0 spiro atoms. The number of nitro groups is 1. The van der Waals surface area contributed by atoms with Gasteiger partial charge in [0.15, 0.2) is 0 Å². The van der Waals surface area contributed by atoms with Gasteiger partial charge in [0.2, 0.25) is 0 Å². The summed E-state index contributed by atoms with van der Waals surface area (Å²) in [6.07, 6.45) is 1.71. The van der Waals surface area contributed by atoms with Crippen molar-refractivity contribution in [1.82, 2.24) is 4.98 Å². The van der Waals surface area contributed by atoms with E-state index in [1.54, 1.807) is 12.3 Å². The molecule has 0 aliphatic heterocycles. The average Bonchev–Trinajstić information content (AvgIpc) is 2.74. The van der Waals surface area contributed by atoms with Gasteiger partial charge in [0.25, 0.3) is 5.69 Å². The van der Waals surface area contributed by atoms with Gasteiger partial charge in [-0.2, -0.15) is 0 Å². The van der Waals surface area contributed by atoms with Gasteiger partial charge in [-0.15, -0.1) is 11.3 Å². The first-order valence-corrected chi connectivity index (χ1v) is 5.74. The van der Waals surface area contributed by atoms with Crippen LogP contribution in [0.5, 0.6) is 0 Å². The van der Waals surface area contributed by atoms with Gasteiger partial charge in [0.1, 0.15) is 0 Å². The second-order valence-corrected chi connectivity index (χ2v) is 4.73. The van der Waals surface area contributed by atoms with Crippen molar-refractivity contribution in [1.29, 1.82) is 0 Å². The highest BCUT2D eigenvalue weighted by Crippen LogP contribution is 2.31. The molecule has 88 valence electrons. The van der Waals surface area contributed by atoms with Gasteiger partial charge in [-0.05, 0) is 24.1 Å². The predicted molar refractivity (Wildman–Crippen MR) is 64.9 cm³/mol. The Kier molecular flexibility index (Phi) is 3.16. The minimum atomic E-state index is -0.471. The molecule has 0 amide bonds. The third-order valence-electron chi connectivity index (χ3n) is 2.36. The van der Waals surface area contributed by atoms with Crippen LogP contribution in [0.2, 0.25) is 0 Å². The third kappa shape index (κ3) is 2.32. The standard InChI is InChI=1S/C11H10N2O3S/c1-7-12-5-11(17-7)10-3-2-9(13(15)16)4-8(10)6-14/h2-5,14H,6H2,1H3. The van der Waals surface area contributed by atoms with E-state index in [1.807, 2.05) is 6.92 Å². The maximum atomic E-state index is 10.6. The van der Waals surface area contributed by atoms with Crippen molar-refractivity contribution in [3.63, 3.8) is 0 Å². The van der Waals surface area contributed by atoms with Gasteiger partial charge in [0.05, 0.1) is 21.4 Å². The Labute approximate surface area is 102 Å². The molecular formula is C11H10N2O3S. The van der Waals surface area contributed by atoms with E-state index in [2.05, 4.69) is 4.98 Å². The number of aryl methyl sites for hydroxylation is 1. The van der Waals surface area contributed by atoms with E-state index in [0.717, 1.165) is 15.4 Å². The number of benzene rings is 1. The first-order valence-electron chi connectivity index (χ1n) is 4.93. The second kappa shape index (κ2) is 4.60. The molecule has 1 heterocycles. The van der Waals surface area contributed by atoms with Gasteiger partial charge >= 0.3 is 0 Å². The Balaban J connectivity index is 2.51. The van der Waals surface area contributed by atoms with Crippen LogP contribution in [0, 0.1) is 17.0 Å². The van der Waals surface area contributed by atoms with Crippen LogP contribution in [0.1, 0.15) is 10.6 Å². The second-order valence-electron chi connectivity index (χ2n) is 3.50. The fourth-order valence-corrected chi connectivity index (χ4v) is 2.39. The molecule has 0 atom stereocenters. The minimum Gasteiger partial charge on any atom is -0.392 e. The molecule has 2 rings (SSSR count). The van der Waals surface area contributed by atoms with Crippen LogP contribution >= 0.6 is 11.3 Å². The molecule has 0 unspecified atom stereocenters. The lowest BCUT2D eigenvalue weighted by molar-refractivity contribution is -0.384. The summed E-state index contributed by atoms with van der Waals surface area (Å²) in [6.45, 7) is 1.66. The number of nitro benzene ring substituents is 1. The fourth-order valence-electron chi connectivity index (χ4n) is 1.55. The number of non-ortho nitro benzene ring substituents is 1. The zero-order valence-electron chi connectivity index (χ0n) is 9.08. The van der Waals surface area contributed by atoms with E-state index >= 15 is 0 Å². The third-order valence-corrected chi connectivity index (χ3v) is 3.30. The van der Waals surface area contributed by atoms with Crippen LogP contribution < -0.4 is 0 Å². The summed E-state index contributed by atoms with van der Waals surface area (Å²) >= 11 is 1.49. The topological polar surface area (TPSA) is 76.3 Å². The Morgan fingerprint density at radius 1 is 1.53 bits per heavy atom. The molecule has 0 fully saturated rings. The van der Waals surface area contributed by atoms with Crippen LogP contribution in [0.4, 0.5) is 5.69 Å².